The molecule has 192 valence electrons. The van der Waals surface area contributed by atoms with Crippen molar-refractivity contribution in [3.63, 3.8) is 0 Å². The van der Waals surface area contributed by atoms with Crippen molar-refractivity contribution in [1.29, 1.82) is 0 Å². The molecule has 1 aromatic heterocycles. The third kappa shape index (κ3) is 6.24. The first-order chi connectivity index (χ1) is 18.2. The number of hydrogen-bond acceptors (Lipinski definition) is 7. The van der Waals surface area contributed by atoms with Gasteiger partial charge in [-0.15, -0.1) is 0 Å². The molecule has 0 bridgehead atoms. The molecule has 7 heteroatoms. The van der Waals surface area contributed by atoms with E-state index in [-0.39, 0.29) is 0 Å². The zero-order valence-electron chi connectivity index (χ0n) is 21.4. The molecule has 0 N–H and O–H groups in total. The second-order valence-electron chi connectivity index (χ2n) is 9.10. The molecule has 37 heavy (non-hydrogen) atoms. The lowest BCUT2D eigenvalue weighted by atomic mass is 10.1. The molecule has 0 atom stereocenters. The molecule has 0 saturated heterocycles. The van der Waals surface area contributed by atoms with Crippen LogP contribution >= 0.6 is 0 Å². The lowest BCUT2D eigenvalue weighted by molar-refractivity contribution is 0.124. The van der Waals surface area contributed by atoms with E-state index >= 15 is 0 Å². The van der Waals surface area contributed by atoms with Crippen LogP contribution in [0, 0.1) is 0 Å². The SMILES string of the molecule is COc1cccc(CN(Cc2cccc(OC)c2)c2nc(COCCN3CCc4ccccc43)co2)c1. The Bertz CT molecular complexity index is 1260. The summed E-state index contributed by atoms with van der Waals surface area (Å²) in [7, 11) is 3.35. The van der Waals surface area contributed by atoms with Gasteiger partial charge in [0.15, 0.2) is 0 Å². The summed E-state index contributed by atoms with van der Waals surface area (Å²) in [5.41, 5.74) is 5.71. The normalized spacial score (nSPS) is 12.4. The summed E-state index contributed by atoms with van der Waals surface area (Å²) in [6, 6.07) is 25.2. The van der Waals surface area contributed by atoms with Gasteiger partial charge in [0, 0.05) is 31.9 Å². The third-order valence-electron chi connectivity index (χ3n) is 6.56. The second kappa shape index (κ2) is 11.8. The van der Waals surface area contributed by atoms with Crippen molar-refractivity contribution < 1.29 is 18.6 Å². The molecule has 2 heterocycles. The molecule has 0 amide bonds. The van der Waals surface area contributed by atoms with E-state index in [0.29, 0.717) is 32.3 Å². The fourth-order valence-electron chi connectivity index (χ4n) is 4.67. The highest BCUT2D eigenvalue weighted by Crippen LogP contribution is 2.27. The molecular formula is C30H33N3O4. The zero-order chi connectivity index (χ0) is 25.5. The van der Waals surface area contributed by atoms with Crippen LogP contribution in [0.5, 0.6) is 11.5 Å². The lowest BCUT2D eigenvalue weighted by Gasteiger charge is -2.21. The fraction of sp³-hybridized carbons (Fsp3) is 0.300. The van der Waals surface area contributed by atoms with Gasteiger partial charge in [-0.3, -0.25) is 0 Å². The first-order valence-electron chi connectivity index (χ1n) is 12.6. The van der Waals surface area contributed by atoms with Gasteiger partial charge >= 0.3 is 0 Å². The number of nitrogens with zero attached hydrogens (tertiary/aromatic N) is 3. The Balaban J connectivity index is 1.23. The number of ether oxygens (including phenoxy) is 3. The van der Waals surface area contributed by atoms with Crippen molar-refractivity contribution in [2.24, 2.45) is 0 Å². The van der Waals surface area contributed by atoms with Crippen molar-refractivity contribution in [2.45, 2.75) is 26.1 Å². The van der Waals surface area contributed by atoms with E-state index in [1.54, 1.807) is 20.5 Å². The standard InChI is InChI=1S/C30H33N3O4/c1-34-27-10-5-7-23(17-27)19-33(20-24-8-6-11-28(18-24)35-2)30-31-26(22-37-30)21-36-16-15-32-14-13-25-9-3-4-12-29(25)32/h3-12,17-18,22H,13-16,19-21H2,1-2H3. The van der Waals surface area contributed by atoms with E-state index in [4.69, 9.17) is 23.6 Å². The molecule has 0 spiro atoms. The summed E-state index contributed by atoms with van der Waals surface area (Å²) in [6.45, 7) is 4.17. The van der Waals surface area contributed by atoms with Gasteiger partial charge in [-0.1, -0.05) is 42.5 Å². The molecule has 1 aliphatic heterocycles. The van der Waals surface area contributed by atoms with Gasteiger partial charge in [0.1, 0.15) is 23.5 Å². The van der Waals surface area contributed by atoms with Gasteiger partial charge in [0.2, 0.25) is 0 Å². The number of aromatic nitrogens is 1. The number of rotatable bonds is 12. The highest BCUT2D eigenvalue weighted by molar-refractivity contribution is 5.57. The topological polar surface area (TPSA) is 60.2 Å². The van der Waals surface area contributed by atoms with Crippen molar-refractivity contribution in [1.82, 2.24) is 4.98 Å². The van der Waals surface area contributed by atoms with Crippen LogP contribution < -0.4 is 19.3 Å². The Morgan fingerprint density at radius 1 is 0.892 bits per heavy atom. The highest BCUT2D eigenvalue weighted by atomic mass is 16.5. The number of methoxy groups -OCH3 is 2. The van der Waals surface area contributed by atoms with E-state index in [0.717, 1.165) is 47.8 Å². The number of para-hydroxylation sites is 1. The van der Waals surface area contributed by atoms with Crippen LogP contribution in [0.3, 0.4) is 0 Å². The summed E-state index contributed by atoms with van der Waals surface area (Å²) in [5, 5.41) is 0. The maximum Gasteiger partial charge on any atom is 0.298 e. The van der Waals surface area contributed by atoms with Gasteiger partial charge in [-0.2, -0.15) is 4.98 Å². The Labute approximate surface area is 218 Å². The minimum atomic E-state index is 0.408. The average molecular weight is 500 g/mol. The monoisotopic (exact) mass is 499 g/mol. The quantitative estimate of drug-likeness (QED) is 0.239. The van der Waals surface area contributed by atoms with Crippen LogP contribution in [0.15, 0.2) is 83.5 Å². The number of anilines is 2. The van der Waals surface area contributed by atoms with Crippen LogP contribution in [0.2, 0.25) is 0 Å². The van der Waals surface area contributed by atoms with Crippen LogP contribution in [0.4, 0.5) is 11.7 Å². The van der Waals surface area contributed by atoms with Gasteiger partial charge in [0.25, 0.3) is 6.01 Å². The Morgan fingerprint density at radius 3 is 2.30 bits per heavy atom. The van der Waals surface area contributed by atoms with E-state index in [2.05, 4.69) is 46.2 Å². The molecule has 1 aliphatic rings. The predicted octanol–water partition coefficient (Wildman–Crippen LogP) is 5.48. The molecule has 0 fully saturated rings. The lowest BCUT2D eigenvalue weighted by Crippen LogP contribution is -2.25. The molecule has 0 saturated carbocycles. The van der Waals surface area contributed by atoms with Gasteiger partial charge in [0.05, 0.1) is 27.4 Å². The van der Waals surface area contributed by atoms with E-state index in [1.807, 2.05) is 36.4 Å². The van der Waals surface area contributed by atoms with Crippen molar-refractivity contribution in [3.8, 4) is 11.5 Å². The molecule has 0 radical (unpaired) electrons. The van der Waals surface area contributed by atoms with Gasteiger partial charge < -0.3 is 28.4 Å². The van der Waals surface area contributed by atoms with Crippen molar-refractivity contribution >= 4 is 11.7 Å². The first kappa shape index (κ1) is 24.7. The largest absolute Gasteiger partial charge is 0.497 e. The minimum absolute atomic E-state index is 0.408. The Kier molecular flexibility index (Phi) is 7.91. The number of benzene rings is 3. The van der Waals surface area contributed by atoms with Crippen LogP contribution in [0.25, 0.3) is 0 Å². The molecular weight excluding hydrogens is 466 g/mol. The minimum Gasteiger partial charge on any atom is -0.497 e. The van der Waals surface area contributed by atoms with E-state index < -0.39 is 0 Å². The number of hydrogen-bond donors (Lipinski definition) is 0. The first-order valence-corrected chi connectivity index (χ1v) is 12.6. The summed E-state index contributed by atoms with van der Waals surface area (Å²) in [6.07, 6.45) is 2.78. The second-order valence-corrected chi connectivity index (χ2v) is 9.10. The van der Waals surface area contributed by atoms with Gasteiger partial charge in [-0.05, 0) is 53.4 Å². The number of oxazole rings is 1. The van der Waals surface area contributed by atoms with E-state index in [9.17, 15) is 0 Å². The van der Waals surface area contributed by atoms with Crippen molar-refractivity contribution in [2.75, 3.05) is 43.7 Å². The Morgan fingerprint density at radius 2 is 1.59 bits per heavy atom. The summed E-state index contributed by atoms with van der Waals surface area (Å²) < 4.78 is 22.7. The molecule has 7 nitrogen and oxygen atoms in total. The summed E-state index contributed by atoms with van der Waals surface area (Å²) >= 11 is 0. The third-order valence-corrected chi connectivity index (χ3v) is 6.56. The predicted molar refractivity (Wildman–Crippen MR) is 144 cm³/mol. The summed E-state index contributed by atoms with van der Waals surface area (Å²) in [4.78, 5) is 9.24. The highest BCUT2D eigenvalue weighted by Gasteiger charge is 2.18. The van der Waals surface area contributed by atoms with Crippen molar-refractivity contribution in [3.05, 3.63) is 101 Å². The smallest absolute Gasteiger partial charge is 0.298 e. The molecule has 0 aliphatic carbocycles. The molecule has 0 unspecified atom stereocenters. The average Bonchev–Trinajstić information content (AvgIpc) is 3.58. The molecule has 4 aromatic rings. The molecule has 5 rings (SSSR count). The maximum atomic E-state index is 5.97. The number of fused-ring (bicyclic) bond motifs is 1. The van der Waals surface area contributed by atoms with Crippen LogP contribution in [-0.2, 0) is 30.9 Å². The van der Waals surface area contributed by atoms with Crippen LogP contribution in [-0.4, -0.2) is 38.9 Å². The zero-order valence-corrected chi connectivity index (χ0v) is 21.4. The van der Waals surface area contributed by atoms with E-state index in [1.165, 1.54) is 11.3 Å². The van der Waals surface area contributed by atoms with Gasteiger partial charge in [-0.25, -0.2) is 0 Å². The fourth-order valence-corrected chi connectivity index (χ4v) is 4.67. The van der Waals surface area contributed by atoms with Crippen LogP contribution in [0.1, 0.15) is 22.4 Å². The maximum absolute atomic E-state index is 5.97. The Hall–Kier alpha value is -3.97. The molecule has 3 aromatic carbocycles. The summed E-state index contributed by atoms with van der Waals surface area (Å²) in [5.74, 6) is 1.64.